The number of benzene rings is 1. The fourth-order valence-corrected chi connectivity index (χ4v) is 4.42. The zero-order chi connectivity index (χ0) is 27.5. The molecule has 206 valence electrons. The van der Waals surface area contributed by atoms with E-state index in [9.17, 15) is 22.0 Å². The Morgan fingerprint density at radius 3 is 2.58 bits per heavy atom. The minimum absolute atomic E-state index is 0. The van der Waals surface area contributed by atoms with Gasteiger partial charge < -0.3 is 14.2 Å². The number of nitrogens with zero attached hydrogens (tertiary/aromatic N) is 2. The Morgan fingerprint density at radius 2 is 1.92 bits per heavy atom. The van der Waals surface area contributed by atoms with E-state index in [0.717, 1.165) is 0 Å². The number of carbonyl (C=O) groups is 1. The van der Waals surface area contributed by atoms with Gasteiger partial charge in [-0.05, 0) is 49.2 Å². The van der Waals surface area contributed by atoms with E-state index in [1.165, 1.54) is 36.4 Å². The van der Waals surface area contributed by atoms with Crippen LogP contribution >= 0.6 is 0 Å². The first-order valence-electron chi connectivity index (χ1n) is 11.8. The molecule has 1 N–H and O–H groups in total. The summed E-state index contributed by atoms with van der Waals surface area (Å²) in [5.74, 6) is -1.46. The van der Waals surface area contributed by atoms with Crippen LogP contribution in [0.3, 0.4) is 0 Å². The first-order chi connectivity index (χ1) is 17.9. The predicted molar refractivity (Wildman–Crippen MR) is 138 cm³/mol. The van der Waals surface area contributed by atoms with Gasteiger partial charge in [0, 0.05) is 20.2 Å². The van der Waals surface area contributed by atoms with Crippen LogP contribution in [0.15, 0.2) is 53.6 Å². The molecule has 1 aliphatic heterocycles. The molecule has 1 aliphatic rings. The molecule has 1 fully saturated rings. The molecule has 0 saturated carbocycles. The van der Waals surface area contributed by atoms with Crippen LogP contribution in [0.25, 0.3) is 11.3 Å². The van der Waals surface area contributed by atoms with Gasteiger partial charge in [0.25, 0.3) is 15.9 Å². The fourth-order valence-electron chi connectivity index (χ4n) is 3.44. The highest BCUT2D eigenvalue weighted by molar-refractivity contribution is 7.90. The third-order valence-corrected chi connectivity index (χ3v) is 6.64. The maximum atomic E-state index is 14.6. The van der Waals surface area contributed by atoms with E-state index < -0.39 is 34.0 Å². The third-order valence-electron chi connectivity index (χ3n) is 5.41. The maximum absolute atomic E-state index is 14.6. The van der Waals surface area contributed by atoms with Gasteiger partial charge in [-0.1, -0.05) is 19.9 Å². The predicted octanol–water partition coefficient (Wildman–Crippen LogP) is 4.35. The Morgan fingerprint density at radius 1 is 1.16 bits per heavy atom. The van der Waals surface area contributed by atoms with Crippen molar-refractivity contribution in [2.24, 2.45) is 5.92 Å². The molecule has 3 heterocycles. The molecule has 38 heavy (non-hydrogen) atoms. The van der Waals surface area contributed by atoms with Crippen molar-refractivity contribution in [1.82, 2.24) is 14.7 Å². The van der Waals surface area contributed by atoms with Crippen molar-refractivity contribution >= 4 is 15.9 Å². The molecule has 12 heteroatoms. The molecular formula is C26H31F2N3O6S. The van der Waals surface area contributed by atoms with Gasteiger partial charge in [0.05, 0.1) is 25.5 Å². The van der Waals surface area contributed by atoms with Gasteiger partial charge in [-0.3, -0.25) is 4.79 Å². The number of aryl methyl sites for hydroxylation is 1. The van der Waals surface area contributed by atoms with Gasteiger partial charge in [-0.2, -0.15) is 8.42 Å². The largest absolute Gasteiger partial charge is 0.493 e. The van der Waals surface area contributed by atoms with Gasteiger partial charge in [0.15, 0.2) is 10.7 Å². The number of hydrogen-bond donors (Lipinski definition) is 1. The average molecular weight is 552 g/mol. The van der Waals surface area contributed by atoms with Crippen molar-refractivity contribution in [3.05, 3.63) is 65.6 Å². The number of hydrogen-bond acceptors (Lipinski definition) is 8. The van der Waals surface area contributed by atoms with Crippen molar-refractivity contribution in [3.8, 4) is 22.9 Å². The zero-order valence-corrected chi connectivity index (χ0v) is 21.8. The summed E-state index contributed by atoms with van der Waals surface area (Å²) in [7, 11) is -4.32. The standard InChI is InChI=1S/C26H27F2N3O6S.2H2/c1-16(2)12-36-20-10-18(9-19(27)11-20)22-8-7-21(25(30-22)37-15-26(28)13-35-14-26)24(32)31-38(33,34)23-6-4-5-17(3)29-23;;/h4-11,16H,12-15H2,1-3H3,(H,31,32);2*1H. The summed E-state index contributed by atoms with van der Waals surface area (Å²) in [6.45, 7) is 5.02. The van der Waals surface area contributed by atoms with Crippen LogP contribution in [0.4, 0.5) is 8.78 Å². The number of alkyl halides is 1. The molecular weight excluding hydrogens is 520 g/mol. The van der Waals surface area contributed by atoms with Crippen molar-refractivity contribution < 1.29 is 39.1 Å². The highest BCUT2D eigenvalue weighted by Crippen LogP contribution is 2.30. The molecule has 1 aromatic carbocycles. The molecule has 1 amide bonds. The minimum atomic E-state index is -4.32. The molecule has 0 radical (unpaired) electrons. The lowest BCUT2D eigenvalue weighted by Gasteiger charge is -2.33. The quantitative estimate of drug-likeness (QED) is 0.395. The number of carbonyl (C=O) groups excluding carboxylic acids is 1. The zero-order valence-electron chi connectivity index (χ0n) is 21.0. The average Bonchev–Trinajstić information content (AvgIpc) is 2.84. The lowest BCUT2D eigenvalue weighted by Crippen LogP contribution is -2.50. The first kappa shape index (κ1) is 27.4. The normalized spacial score (nSPS) is 14.6. The van der Waals surface area contributed by atoms with Crippen LogP contribution in [0, 0.1) is 18.7 Å². The Labute approximate surface area is 222 Å². The van der Waals surface area contributed by atoms with Gasteiger partial charge >= 0.3 is 0 Å². The van der Waals surface area contributed by atoms with E-state index in [2.05, 4.69) is 9.97 Å². The molecule has 0 spiro atoms. The highest BCUT2D eigenvalue weighted by Gasteiger charge is 2.40. The van der Waals surface area contributed by atoms with E-state index in [1.807, 2.05) is 18.6 Å². The molecule has 1 saturated heterocycles. The van der Waals surface area contributed by atoms with Crippen molar-refractivity contribution in [3.63, 3.8) is 0 Å². The summed E-state index contributed by atoms with van der Waals surface area (Å²) in [6.07, 6.45) is 0. The molecule has 0 bridgehead atoms. The summed E-state index contributed by atoms with van der Waals surface area (Å²) in [6, 6.07) is 11.0. The second kappa shape index (κ2) is 11.0. The summed E-state index contributed by atoms with van der Waals surface area (Å²) >= 11 is 0. The highest BCUT2D eigenvalue weighted by atomic mass is 32.2. The van der Waals surface area contributed by atoms with Crippen molar-refractivity contribution in [2.75, 3.05) is 26.4 Å². The molecule has 3 aromatic rings. The topological polar surface area (TPSA) is 117 Å². The number of ether oxygens (including phenoxy) is 3. The number of amides is 1. The fraction of sp³-hybridized carbons (Fsp3) is 0.346. The number of rotatable bonds is 10. The molecule has 4 rings (SSSR count). The molecule has 0 atom stereocenters. The van der Waals surface area contributed by atoms with Crippen LogP contribution in [-0.2, 0) is 14.8 Å². The van der Waals surface area contributed by atoms with Crippen LogP contribution in [-0.4, -0.2) is 56.4 Å². The first-order valence-corrected chi connectivity index (χ1v) is 13.3. The van der Waals surface area contributed by atoms with Gasteiger partial charge in [0.1, 0.15) is 23.7 Å². The lowest BCUT2D eigenvalue weighted by molar-refractivity contribution is -0.146. The Hall–Kier alpha value is -3.64. The van der Waals surface area contributed by atoms with Crippen LogP contribution in [0.5, 0.6) is 11.6 Å². The van der Waals surface area contributed by atoms with E-state index in [1.54, 1.807) is 19.1 Å². The SMILES string of the molecule is Cc1cccc(S(=O)(=O)NC(=O)c2ccc(-c3cc(F)cc(OCC(C)C)c3)nc2OCC2(F)COC2)n1.[HH].[HH]. The smallest absolute Gasteiger partial charge is 0.281 e. The van der Waals surface area contributed by atoms with Gasteiger partial charge in [-0.15, -0.1) is 0 Å². The number of nitrogens with one attached hydrogen (secondary N) is 1. The molecule has 2 aromatic heterocycles. The monoisotopic (exact) mass is 551 g/mol. The van der Waals surface area contributed by atoms with E-state index >= 15 is 0 Å². The molecule has 0 aliphatic carbocycles. The summed E-state index contributed by atoms with van der Waals surface area (Å²) < 4.78 is 72.4. The van der Waals surface area contributed by atoms with Crippen molar-refractivity contribution in [1.29, 1.82) is 0 Å². The molecule has 0 unspecified atom stereocenters. The lowest BCUT2D eigenvalue weighted by atomic mass is 10.1. The van der Waals surface area contributed by atoms with Crippen molar-refractivity contribution in [2.45, 2.75) is 31.5 Å². The number of pyridine rings is 2. The third kappa shape index (κ3) is 6.62. The summed E-state index contributed by atoms with van der Waals surface area (Å²) in [4.78, 5) is 21.2. The Balaban J connectivity index is 0.00000280. The van der Waals surface area contributed by atoms with E-state index in [-0.39, 0.29) is 49.9 Å². The van der Waals surface area contributed by atoms with Crippen LogP contribution in [0.2, 0.25) is 0 Å². The maximum Gasteiger partial charge on any atom is 0.281 e. The number of halogens is 2. The number of aromatic nitrogens is 2. The van der Waals surface area contributed by atoms with E-state index in [0.29, 0.717) is 17.9 Å². The second-order valence-electron chi connectivity index (χ2n) is 9.41. The van der Waals surface area contributed by atoms with Gasteiger partial charge in [-0.25, -0.2) is 23.5 Å². The summed E-state index contributed by atoms with van der Waals surface area (Å²) in [5.41, 5.74) is -1.08. The summed E-state index contributed by atoms with van der Waals surface area (Å²) in [5, 5.41) is -0.346. The van der Waals surface area contributed by atoms with Crippen LogP contribution < -0.4 is 14.2 Å². The molecule has 9 nitrogen and oxygen atoms in total. The number of sulfonamides is 1. The van der Waals surface area contributed by atoms with Gasteiger partial charge in [0.2, 0.25) is 5.88 Å². The Kier molecular flexibility index (Phi) is 7.93. The Bertz CT molecular complexity index is 1460. The minimum Gasteiger partial charge on any atom is -0.493 e. The second-order valence-corrected chi connectivity index (χ2v) is 11.0. The van der Waals surface area contributed by atoms with E-state index in [4.69, 9.17) is 14.2 Å². The van der Waals surface area contributed by atoms with Crippen LogP contribution in [0.1, 0.15) is 32.8 Å².